The van der Waals surface area contributed by atoms with Crippen molar-refractivity contribution in [3.05, 3.63) is 126 Å². The van der Waals surface area contributed by atoms with Gasteiger partial charge in [-0.15, -0.1) is 0 Å². The van der Waals surface area contributed by atoms with Crippen molar-refractivity contribution in [2.24, 2.45) is 0 Å². The van der Waals surface area contributed by atoms with E-state index in [4.69, 9.17) is 29.9 Å². The highest BCUT2D eigenvalue weighted by molar-refractivity contribution is 5.77. The van der Waals surface area contributed by atoms with Gasteiger partial charge >= 0.3 is 0 Å². The van der Waals surface area contributed by atoms with Crippen LogP contribution in [0.25, 0.3) is 0 Å². The third-order valence-corrected chi connectivity index (χ3v) is 8.04. The zero-order valence-electron chi connectivity index (χ0n) is 25.5. The van der Waals surface area contributed by atoms with Crippen LogP contribution in [0.4, 0.5) is 0 Å². The highest BCUT2D eigenvalue weighted by Crippen LogP contribution is 2.44. The Labute approximate surface area is 257 Å². The largest absolute Gasteiger partial charge is 0.497 e. The Kier molecular flexibility index (Phi) is 8.17. The molecule has 6 rings (SSSR count). The molecule has 2 bridgehead atoms. The molecule has 4 aromatic carbocycles. The molecular formula is C35H35NO8. The second-order valence-corrected chi connectivity index (χ2v) is 10.7. The zero-order valence-corrected chi connectivity index (χ0v) is 24.5. The third kappa shape index (κ3) is 5.62. The van der Waals surface area contributed by atoms with Crippen molar-refractivity contribution >= 4 is 5.91 Å². The summed E-state index contributed by atoms with van der Waals surface area (Å²) in [5.74, 6) is 1.42. The van der Waals surface area contributed by atoms with Crippen molar-refractivity contribution in [1.29, 1.82) is 0 Å². The van der Waals surface area contributed by atoms with Gasteiger partial charge in [0.25, 0.3) is 5.91 Å². The molecule has 0 spiro atoms. The zero-order chi connectivity index (χ0) is 31.4. The van der Waals surface area contributed by atoms with Crippen molar-refractivity contribution in [3.8, 4) is 17.2 Å². The van der Waals surface area contributed by atoms with Crippen molar-refractivity contribution < 1.29 is 39.8 Å². The summed E-state index contributed by atoms with van der Waals surface area (Å²) in [5, 5.41) is 12.5. The molecule has 228 valence electrons. The average molecular weight is 600 g/mol. The maximum absolute atomic E-state index is 13.2. The lowest BCUT2D eigenvalue weighted by atomic mass is 9.79. The molecule has 2 heterocycles. The van der Waals surface area contributed by atoms with Crippen LogP contribution in [-0.4, -0.2) is 74.4 Å². The van der Waals surface area contributed by atoms with E-state index in [-0.39, 0.29) is 19.8 Å². The molecule has 0 radical (unpaired) electrons. The highest BCUT2D eigenvalue weighted by atomic mass is 16.7. The molecule has 44 heavy (non-hydrogen) atoms. The van der Waals surface area contributed by atoms with E-state index in [1.807, 2.05) is 97.1 Å². The van der Waals surface area contributed by atoms with E-state index < -0.39 is 35.9 Å². The van der Waals surface area contributed by atoms with E-state index >= 15 is 0 Å². The number of hydroxylamine groups is 2. The van der Waals surface area contributed by atoms with Gasteiger partial charge in [-0.05, 0) is 53.1 Å². The van der Waals surface area contributed by atoms with Gasteiger partial charge in [-0.25, -0.2) is 5.06 Å². The molecule has 1 amide bonds. The molecule has 1 unspecified atom stereocenters. The molecule has 2 fully saturated rings. The van der Waals surface area contributed by atoms with Crippen molar-refractivity contribution in [2.75, 3.05) is 40.6 Å². The summed E-state index contributed by atoms with van der Waals surface area (Å²) >= 11 is 0. The van der Waals surface area contributed by atoms with Gasteiger partial charge in [-0.3, -0.25) is 9.63 Å². The van der Waals surface area contributed by atoms with Gasteiger partial charge in [-0.1, -0.05) is 72.8 Å². The monoisotopic (exact) mass is 599 g/mol. The quantitative estimate of drug-likeness (QED) is 0.254. The topological polar surface area (TPSA) is 95.9 Å². The van der Waals surface area contributed by atoms with Crippen LogP contribution < -0.4 is 14.2 Å². The summed E-state index contributed by atoms with van der Waals surface area (Å²) in [5.41, 5.74) is -0.259. The molecular weight excluding hydrogens is 562 g/mol. The Bertz CT molecular complexity index is 1520. The van der Waals surface area contributed by atoms with Gasteiger partial charge in [0.1, 0.15) is 40.7 Å². The van der Waals surface area contributed by atoms with E-state index in [1.54, 1.807) is 26.4 Å². The number of aliphatic hydroxyl groups is 1. The Balaban J connectivity index is 1.36. The van der Waals surface area contributed by atoms with Gasteiger partial charge in [0.15, 0.2) is 6.61 Å². The lowest BCUT2D eigenvalue weighted by molar-refractivity contribution is -0.263. The number of fused-ring (bicyclic) bond motifs is 2. The van der Waals surface area contributed by atoms with E-state index in [1.165, 1.54) is 0 Å². The summed E-state index contributed by atoms with van der Waals surface area (Å²) in [6.45, 7) is -1.89. The first-order chi connectivity index (χ1) is 21.9. The van der Waals surface area contributed by atoms with Gasteiger partial charge in [-0.2, -0.15) is 0 Å². The van der Waals surface area contributed by atoms with Crippen LogP contribution >= 0.6 is 0 Å². The molecule has 9 heteroatoms. The smallest absolute Gasteiger partial charge is 0.284 e. The molecule has 0 aromatic heterocycles. The molecule has 0 aliphatic carbocycles. The van der Waals surface area contributed by atoms with Crippen molar-refractivity contribution in [3.63, 3.8) is 0 Å². The predicted octanol–water partition coefficient (Wildman–Crippen LogP) is 4.36. The Morgan fingerprint density at radius 1 is 0.864 bits per heavy atom. The third-order valence-electron chi connectivity index (χ3n) is 8.04. The number of benzene rings is 4. The first kappa shape index (κ1) is 28.4. The van der Waals surface area contributed by atoms with Crippen LogP contribution in [0.5, 0.6) is 17.2 Å². The number of rotatable bonds is 11. The molecule has 0 saturated carbocycles. The lowest BCUT2D eigenvalue weighted by Gasteiger charge is -2.44. The summed E-state index contributed by atoms with van der Waals surface area (Å²) < 4.78 is 38.1. The second kappa shape index (κ2) is 12.7. The number of amides is 1. The fourth-order valence-electron chi connectivity index (χ4n) is 5.64. The fourth-order valence-corrected chi connectivity index (χ4v) is 5.64. The predicted molar refractivity (Wildman–Crippen MR) is 161 cm³/mol. The second-order valence-electron chi connectivity index (χ2n) is 10.7. The summed E-state index contributed by atoms with van der Waals surface area (Å²) in [4.78, 5) is 19.0. The van der Waals surface area contributed by atoms with Crippen LogP contribution in [0.15, 0.2) is 109 Å². The SMILES string of the molecule is [3H][C@@H]1O[C@@]2(COC(c3ccccc3)(c3ccc(OC)cc3)c3ccc(OC)cc3)CN(C(=O)COc3ccccc3)O[C@H]1C2O. The number of hydrogen-bond donors (Lipinski definition) is 1. The standard InChI is InChI=1S/C35H35NO8/c1-39-28-17-13-26(14-18-28)35(25-9-5-3-6-10-25,27-15-19-29(40-2)20-16-27)43-24-34-23-36(44-31(21-42-34)33(34)38)32(37)22-41-30-11-7-4-8-12-30/h3-20,31,33,38H,21-24H2,1-2H3/t31-,33?,34-/m1/s1/i21T/t21-,31+,33?,34+/m0. The number of nitrogens with zero attached hydrogens (tertiary/aromatic N) is 1. The molecule has 2 aliphatic rings. The van der Waals surface area contributed by atoms with E-state index in [2.05, 4.69) is 0 Å². The molecule has 4 atom stereocenters. The molecule has 1 N–H and O–H groups in total. The Morgan fingerprint density at radius 2 is 1.41 bits per heavy atom. The van der Waals surface area contributed by atoms with E-state index in [0.29, 0.717) is 17.2 Å². The van der Waals surface area contributed by atoms with E-state index in [0.717, 1.165) is 21.8 Å². The van der Waals surface area contributed by atoms with Gasteiger partial charge in [0.05, 0.1) is 35.3 Å². The Hall–Kier alpha value is -4.41. The van der Waals surface area contributed by atoms with Crippen molar-refractivity contribution in [1.82, 2.24) is 5.06 Å². The number of aliphatic hydroxyl groups excluding tert-OH is 1. The fraction of sp³-hybridized carbons (Fsp3) is 0.286. The minimum atomic E-state index is -1.46. The van der Waals surface area contributed by atoms with Gasteiger partial charge < -0.3 is 28.8 Å². The van der Waals surface area contributed by atoms with Crippen LogP contribution in [0.2, 0.25) is 0 Å². The van der Waals surface area contributed by atoms with Gasteiger partial charge in [0.2, 0.25) is 0 Å². The first-order valence-electron chi connectivity index (χ1n) is 14.9. The number of methoxy groups -OCH3 is 2. The molecule has 4 aromatic rings. The minimum Gasteiger partial charge on any atom is -0.497 e. The maximum Gasteiger partial charge on any atom is 0.284 e. The van der Waals surface area contributed by atoms with Crippen LogP contribution in [-0.2, 0) is 24.7 Å². The van der Waals surface area contributed by atoms with Crippen LogP contribution in [0.3, 0.4) is 0 Å². The first-order valence-corrected chi connectivity index (χ1v) is 14.3. The number of hydrogen-bond acceptors (Lipinski definition) is 8. The van der Waals surface area contributed by atoms with Crippen LogP contribution in [0.1, 0.15) is 18.1 Å². The highest BCUT2D eigenvalue weighted by Gasteiger charge is 2.58. The van der Waals surface area contributed by atoms with Crippen LogP contribution in [0, 0.1) is 0 Å². The number of para-hydroxylation sites is 1. The molecule has 2 aliphatic heterocycles. The maximum atomic E-state index is 13.2. The molecule has 9 nitrogen and oxygen atoms in total. The Morgan fingerprint density at radius 3 is 1.98 bits per heavy atom. The summed E-state index contributed by atoms with van der Waals surface area (Å²) in [6, 6.07) is 33.8. The molecule has 2 saturated heterocycles. The lowest BCUT2D eigenvalue weighted by Crippen LogP contribution is -2.62. The number of carbonyl (C=O) groups excluding carboxylic acids is 1. The summed E-state index contributed by atoms with van der Waals surface area (Å²) in [6.07, 6.45) is -2.34. The van der Waals surface area contributed by atoms with E-state index in [9.17, 15) is 9.90 Å². The number of carbonyl (C=O) groups is 1. The normalized spacial score (nSPS) is 23.1. The minimum absolute atomic E-state index is 0.173. The van der Waals surface area contributed by atoms with Gasteiger partial charge in [0, 0.05) is 0 Å². The number of ether oxygens (including phenoxy) is 5. The average Bonchev–Trinajstić information content (AvgIpc) is 3.21. The summed E-state index contributed by atoms with van der Waals surface area (Å²) in [7, 11) is 3.21. The van der Waals surface area contributed by atoms with Crippen molar-refractivity contribution in [2.45, 2.75) is 23.4 Å².